The molecule has 21 heavy (non-hydrogen) atoms. The lowest BCUT2D eigenvalue weighted by Gasteiger charge is -2.29. The number of nitrogens with one attached hydrogen (secondary N) is 1. The first kappa shape index (κ1) is 18.1. The van der Waals surface area contributed by atoms with Crippen LogP contribution in [0.2, 0.25) is 0 Å². The molecule has 0 spiro atoms. The van der Waals surface area contributed by atoms with Crippen LogP contribution in [0.25, 0.3) is 0 Å². The molecule has 0 amide bonds. The topological polar surface area (TPSA) is 78.9 Å². The van der Waals surface area contributed by atoms with Crippen molar-refractivity contribution in [1.82, 2.24) is 9.62 Å². The van der Waals surface area contributed by atoms with E-state index in [9.17, 15) is 13.5 Å². The number of nitrogens with zero attached hydrogens (tertiary/aromatic N) is 1. The first-order chi connectivity index (χ1) is 9.78. The van der Waals surface area contributed by atoms with Crippen molar-refractivity contribution in [1.29, 1.82) is 0 Å². The molecule has 7 heteroatoms. The first-order valence-electron chi connectivity index (χ1n) is 6.66. The maximum Gasteiger partial charge on any atom is 0.242 e. The fraction of sp³-hybridized carbons (Fsp3) is 0.571. The Morgan fingerprint density at radius 2 is 1.86 bits per heavy atom. The summed E-state index contributed by atoms with van der Waals surface area (Å²) >= 11 is 0. The van der Waals surface area contributed by atoms with Gasteiger partial charge >= 0.3 is 0 Å². The molecule has 1 atom stereocenters. The number of methoxy groups -OCH3 is 1. The summed E-state index contributed by atoms with van der Waals surface area (Å²) in [7, 11) is 1.16. The van der Waals surface area contributed by atoms with Gasteiger partial charge < -0.3 is 15.2 Å². The van der Waals surface area contributed by atoms with Crippen molar-refractivity contribution in [3.63, 3.8) is 0 Å². The molecule has 0 aliphatic heterocycles. The Balaban J connectivity index is 2.99. The minimum absolute atomic E-state index is 0.101. The van der Waals surface area contributed by atoms with Crippen molar-refractivity contribution in [2.75, 3.05) is 41.0 Å². The van der Waals surface area contributed by atoms with Crippen molar-refractivity contribution in [3.05, 3.63) is 29.8 Å². The second-order valence-electron chi connectivity index (χ2n) is 5.22. The Kier molecular flexibility index (Phi) is 6.30. The summed E-state index contributed by atoms with van der Waals surface area (Å²) in [4.78, 5) is 0.230. The molecule has 1 unspecified atom stereocenters. The Hall–Kier alpha value is -0.990. The van der Waals surface area contributed by atoms with E-state index in [0.717, 1.165) is 5.56 Å². The number of hydrogen-bond acceptors (Lipinski definition) is 5. The zero-order valence-electron chi connectivity index (χ0n) is 13.0. The van der Waals surface area contributed by atoms with Crippen LogP contribution in [0.4, 0.5) is 0 Å². The summed E-state index contributed by atoms with van der Waals surface area (Å²) in [5, 5.41) is 12.8. The normalized spacial score (nSPS) is 15.1. The molecule has 0 radical (unpaired) electrons. The smallest absolute Gasteiger partial charge is 0.242 e. The third-order valence-electron chi connectivity index (χ3n) is 3.41. The van der Waals surface area contributed by atoms with Crippen LogP contribution >= 0.6 is 0 Å². The average molecular weight is 316 g/mol. The predicted octanol–water partition coefficient (Wildman–Crippen LogP) is 0.380. The molecule has 1 aromatic carbocycles. The van der Waals surface area contributed by atoms with Gasteiger partial charge in [0.15, 0.2) is 0 Å². The van der Waals surface area contributed by atoms with Gasteiger partial charge in [0.2, 0.25) is 10.0 Å². The van der Waals surface area contributed by atoms with E-state index in [2.05, 4.69) is 5.32 Å². The van der Waals surface area contributed by atoms with Gasteiger partial charge in [-0.1, -0.05) is 12.1 Å². The van der Waals surface area contributed by atoms with Crippen LogP contribution in [0.5, 0.6) is 0 Å². The number of benzene rings is 1. The predicted molar refractivity (Wildman–Crippen MR) is 81.6 cm³/mol. The summed E-state index contributed by atoms with van der Waals surface area (Å²) in [5.41, 5.74) is 0.178. The largest absolute Gasteiger partial charge is 0.394 e. The van der Waals surface area contributed by atoms with Crippen molar-refractivity contribution in [2.24, 2.45) is 0 Å². The van der Waals surface area contributed by atoms with Gasteiger partial charge in [0, 0.05) is 27.7 Å². The molecule has 0 heterocycles. The Bertz CT molecular complexity index is 543. The molecule has 0 aromatic heterocycles. The summed E-state index contributed by atoms with van der Waals surface area (Å²) in [6.07, 6.45) is 0. The Morgan fingerprint density at radius 3 is 2.29 bits per heavy atom. The van der Waals surface area contributed by atoms with E-state index < -0.39 is 15.6 Å². The molecule has 120 valence electrons. The SMILES string of the molecule is COCCNC(C)(CO)c1ccc(S(=O)(=O)N(C)C)cc1. The fourth-order valence-electron chi connectivity index (χ4n) is 1.88. The van der Waals surface area contributed by atoms with Gasteiger partial charge in [0.05, 0.1) is 23.6 Å². The fourth-order valence-corrected chi connectivity index (χ4v) is 2.79. The van der Waals surface area contributed by atoms with Crippen LogP contribution in [-0.4, -0.2) is 58.8 Å². The van der Waals surface area contributed by atoms with Crippen LogP contribution in [0, 0.1) is 0 Å². The maximum absolute atomic E-state index is 12.0. The lowest BCUT2D eigenvalue weighted by atomic mass is 9.93. The monoisotopic (exact) mass is 316 g/mol. The number of aliphatic hydroxyl groups excluding tert-OH is 1. The van der Waals surface area contributed by atoms with Crippen LogP contribution in [0.3, 0.4) is 0 Å². The van der Waals surface area contributed by atoms with Gasteiger partial charge in [-0.25, -0.2) is 12.7 Å². The molecule has 0 saturated carbocycles. The molecule has 0 aliphatic rings. The highest BCUT2D eigenvalue weighted by Gasteiger charge is 2.26. The molecule has 6 nitrogen and oxygen atoms in total. The van der Waals surface area contributed by atoms with Crippen LogP contribution < -0.4 is 5.32 Å². The molecule has 2 N–H and O–H groups in total. The maximum atomic E-state index is 12.0. The molecule has 0 aliphatic carbocycles. The second kappa shape index (κ2) is 7.33. The molecular formula is C14H24N2O4S. The zero-order chi connectivity index (χ0) is 16.1. The molecule has 0 fully saturated rings. The highest BCUT2D eigenvalue weighted by atomic mass is 32.2. The van der Waals surface area contributed by atoms with Crippen LogP contribution in [0.1, 0.15) is 12.5 Å². The van der Waals surface area contributed by atoms with E-state index in [1.807, 2.05) is 6.92 Å². The number of hydrogen-bond donors (Lipinski definition) is 2. The summed E-state index contributed by atoms with van der Waals surface area (Å²) in [5.74, 6) is 0. The van der Waals surface area contributed by atoms with E-state index in [1.165, 1.54) is 18.4 Å². The molecule has 0 saturated heterocycles. The molecule has 0 bridgehead atoms. The van der Waals surface area contributed by atoms with Crippen molar-refractivity contribution in [2.45, 2.75) is 17.4 Å². The molecular weight excluding hydrogens is 292 g/mol. The Morgan fingerprint density at radius 1 is 1.29 bits per heavy atom. The standard InChI is InChI=1S/C14H24N2O4S/c1-14(11-17,15-9-10-20-4)12-5-7-13(8-6-12)21(18,19)16(2)3/h5-8,15,17H,9-11H2,1-4H3. The number of sulfonamides is 1. The third kappa shape index (κ3) is 4.24. The average Bonchev–Trinajstić information content (AvgIpc) is 2.47. The Labute approximate surface area is 126 Å². The van der Waals surface area contributed by atoms with Crippen molar-refractivity contribution < 1.29 is 18.3 Å². The number of rotatable bonds is 8. The van der Waals surface area contributed by atoms with E-state index >= 15 is 0 Å². The van der Waals surface area contributed by atoms with Gasteiger partial charge in [0.25, 0.3) is 0 Å². The van der Waals surface area contributed by atoms with E-state index in [0.29, 0.717) is 13.2 Å². The zero-order valence-corrected chi connectivity index (χ0v) is 13.8. The van der Waals surface area contributed by atoms with Crippen LogP contribution in [-0.2, 0) is 20.3 Å². The van der Waals surface area contributed by atoms with Gasteiger partial charge in [-0.3, -0.25) is 0 Å². The highest BCUT2D eigenvalue weighted by molar-refractivity contribution is 7.89. The summed E-state index contributed by atoms with van der Waals surface area (Å²) < 4.78 is 30.2. The van der Waals surface area contributed by atoms with Gasteiger partial charge in [-0.15, -0.1) is 0 Å². The first-order valence-corrected chi connectivity index (χ1v) is 8.10. The van der Waals surface area contributed by atoms with Crippen molar-refractivity contribution in [3.8, 4) is 0 Å². The van der Waals surface area contributed by atoms with Crippen molar-refractivity contribution >= 4 is 10.0 Å². The van der Waals surface area contributed by atoms with Gasteiger partial charge in [-0.2, -0.15) is 0 Å². The quantitative estimate of drug-likeness (QED) is 0.678. The highest BCUT2D eigenvalue weighted by Crippen LogP contribution is 2.22. The number of ether oxygens (including phenoxy) is 1. The van der Waals surface area contributed by atoms with E-state index in [1.54, 1.807) is 31.4 Å². The summed E-state index contributed by atoms with van der Waals surface area (Å²) in [6.45, 7) is 2.88. The van der Waals surface area contributed by atoms with E-state index in [4.69, 9.17) is 4.74 Å². The minimum Gasteiger partial charge on any atom is -0.394 e. The molecule has 1 rings (SSSR count). The van der Waals surface area contributed by atoms with Gasteiger partial charge in [0.1, 0.15) is 0 Å². The minimum atomic E-state index is -3.44. The van der Waals surface area contributed by atoms with E-state index in [-0.39, 0.29) is 11.5 Å². The lowest BCUT2D eigenvalue weighted by molar-refractivity contribution is 0.148. The third-order valence-corrected chi connectivity index (χ3v) is 5.24. The summed E-state index contributed by atoms with van der Waals surface area (Å²) in [6, 6.07) is 6.53. The lowest BCUT2D eigenvalue weighted by Crippen LogP contribution is -2.44. The van der Waals surface area contributed by atoms with Gasteiger partial charge in [-0.05, 0) is 24.6 Å². The second-order valence-corrected chi connectivity index (χ2v) is 7.37. The van der Waals surface area contributed by atoms with Crippen LogP contribution in [0.15, 0.2) is 29.2 Å². The number of aliphatic hydroxyl groups is 1. The molecule has 1 aromatic rings.